The molecule has 4 rings (SSSR count). The van der Waals surface area contributed by atoms with Gasteiger partial charge in [-0.15, -0.1) is 0 Å². The average molecular weight is 346 g/mol. The Bertz CT molecular complexity index is 1190. The first-order chi connectivity index (χ1) is 12.5. The van der Waals surface area contributed by atoms with Crippen molar-refractivity contribution in [3.8, 4) is 17.2 Å². The van der Waals surface area contributed by atoms with Crippen molar-refractivity contribution in [1.82, 2.24) is 24.5 Å². The number of nitrogens with two attached hydrogens (primary N) is 1. The maximum Gasteiger partial charge on any atom is 0.332 e. The summed E-state index contributed by atoms with van der Waals surface area (Å²) in [6.07, 6.45) is 1.59. The molecule has 8 nitrogen and oxygen atoms in total. The van der Waals surface area contributed by atoms with Crippen LogP contribution in [0, 0.1) is 6.92 Å². The maximum atomic E-state index is 12.5. The summed E-state index contributed by atoms with van der Waals surface area (Å²) in [6, 6.07) is 12.7. The minimum absolute atomic E-state index is 0.0563. The molecule has 3 aromatic heterocycles. The molecule has 0 aliphatic heterocycles. The van der Waals surface area contributed by atoms with Gasteiger partial charge in [0.25, 0.3) is 5.91 Å². The molecule has 3 heterocycles. The molecule has 0 bridgehead atoms. The van der Waals surface area contributed by atoms with Crippen LogP contribution in [0.2, 0.25) is 0 Å². The summed E-state index contributed by atoms with van der Waals surface area (Å²) in [6.45, 7) is 1.92. The summed E-state index contributed by atoms with van der Waals surface area (Å²) in [4.78, 5) is 39.9. The number of aromatic nitrogens is 5. The molecule has 0 atom stereocenters. The molecule has 3 N–H and O–H groups in total. The Kier molecular flexibility index (Phi) is 3.58. The van der Waals surface area contributed by atoms with Crippen LogP contribution in [-0.4, -0.2) is 30.4 Å². The Morgan fingerprint density at radius 1 is 1.15 bits per heavy atom. The number of nitrogens with one attached hydrogen (secondary N) is 1. The third-order valence-electron chi connectivity index (χ3n) is 3.92. The van der Waals surface area contributed by atoms with Crippen molar-refractivity contribution in [3.05, 3.63) is 70.4 Å². The van der Waals surface area contributed by atoms with E-state index in [1.165, 1.54) is 4.57 Å². The van der Waals surface area contributed by atoms with Gasteiger partial charge in [0.2, 0.25) is 0 Å². The predicted molar refractivity (Wildman–Crippen MR) is 96.0 cm³/mol. The number of nitrogens with zero attached hydrogens (tertiary/aromatic N) is 4. The van der Waals surface area contributed by atoms with Gasteiger partial charge in [-0.25, -0.2) is 19.3 Å². The van der Waals surface area contributed by atoms with Crippen molar-refractivity contribution < 1.29 is 4.79 Å². The summed E-state index contributed by atoms with van der Waals surface area (Å²) >= 11 is 0. The highest BCUT2D eigenvalue weighted by atomic mass is 16.2. The predicted octanol–water partition coefficient (Wildman–Crippen LogP) is 1.58. The third-order valence-corrected chi connectivity index (χ3v) is 3.92. The van der Waals surface area contributed by atoms with E-state index >= 15 is 0 Å². The van der Waals surface area contributed by atoms with Crippen molar-refractivity contribution in [2.45, 2.75) is 6.92 Å². The van der Waals surface area contributed by atoms with E-state index in [2.05, 4.69) is 19.9 Å². The molecule has 4 aromatic rings. The fourth-order valence-electron chi connectivity index (χ4n) is 2.78. The van der Waals surface area contributed by atoms with Gasteiger partial charge in [-0.3, -0.25) is 9.78 Å². The molecule has 1 aromatic carbocycles. The molecule has 0 spiro atoms. The summed E-state index contributed by atoms with van der Waals surface area (Å²) in [5.41, 5.74) is 7.53. The molecule has 0 fully saturated rings. The monoisotopic (exact) mass is 346 g/mol. The minimum Gasteiger partial charge on any atom is -0.364 e. The number of aryl methyl sites for hydroxylation is 1. The van der Waals surface area contributed by atoms with E-state index in [9.17, 15) is 9.59 Å². The number of aromatic amines is 1. The number of pyridine rings is 1. The van der Waals surface area contributed by atoms with E-state index in [0.29, 0.717) is 11.4 Å². The molecule has 0 unspecified atom stereocenters. The van der Waals surface area contributed by atoms with Crippen LogP contribution in [0.25, 0.3) is 28.4 Å². The first-order valence-electron chi connectivity index (χ1n) is 7.85. The number of rotatable bonds is 3. The Morgan fingerprint density at radius 3 is 2.69 bits per heavy atom. The zero-order chi connectivity index (χ0) is 18.3. The van der Waals surface area contributed by atoms with Crippen LogP contribution in [0.1, 0.15) is 16.1 Å². The lowest BCUT2D eigenvalue weighted by Gasteiger charge is -2.06. The van der Waals surface area contributed by atoms with E-state index in [-0.39, 0.29) is 22.7 Å². The molecule has 1 amide bonds. The quantitative estimate of drug-likeness (QED) is 0.583. The van der Waals surface area contributed by atoms with Crippen LogP contribution in [0.5, 0.6) is 0 Å². The van der Waals surface area contributed by atoms with Gasteiger partial charge >= 0.3 is 5.69 Å². The van der Waals surface area contributed by atoms with Gasteiger partial charge in [0.15, 0.2) is 17.2 Å². The van der Waals surface area contributed by atoms with Gasteiger partial charge in [-0.05, 0) is 36.8 Å². The van der Waals surface area contributed by atoms with Crippen LogP contribution in [0.4, 0.5) is 0 Å². The summed E-state index contributed by atoms with van der Waals surface area (Å²) in [5, 5.41) is 0. The largest absolute Gasteiger partial charge is 0.364 e. The normalized spacial score (nSPS) is 11.0. The lowest BCUT2D eigenvalue weighted by Crippen LogP contribution is -2.15. The van der Waals surface area contributed by atoms with Crippen LogP contribution < -0.4 is 11.4 Å². The molecule has 0 aliphatic rings. The maximum absolute atomic E-state index is 12.5. The van der Waals surface area contributed by atoms with Crippen molar-refractivity contribution in [2.24, 2.45) is 5.73 Å². The topological polar surface area (TPSA) is 120 Å². The lowest BCUT2D eigenvalue weighted by atomic mass is 10.2. The molecule has 8 heteroatoms. The van der Waals surface area contributed by atoms with Crippen molar-refractivity contribution in [2.75, 3.05) is 0 Å². The van der Waals surface area contributed by atoms with E-state index in [1.807, 2.05) is 25.1 Å². The van der Waals surface area contributed by atoms with Gasteiger partial charge in [0, 0.05) is 6.20 Å². The van der Waals surface area contributed by atoms with Crippen LogP contribution in [0.15, 0.2) is 53.5 Å². The summed E-state index contributed by atoms with van der Waals surface area (Å²) in [7, 11) is 0. The number of carbonyl (C=O) groups excluding carboxylic acids is 1. The lowest BCUT2D eigenvalue weighted by molar-refractivity contribution is 0.0997. The second-order valence-corrected chi connectivity index (χ2v) is 5.78. The molecule has 0 saturated heterocycles. The molecule has 26 heavy (non-hydrogen) atoms. The number of imidazole rings is 1. The van der Waals surface area contributed by atoms with Gasteiger partial charge in [0.1, 0.15) is 11.2 Å². The standard InChI is InChI=1S/C18H14N6O2/c1-10-5-4-6-11(9-10)24-17-14(22-18(24)26)13(15(19)25)21-16(23-17)12-7-2-3-8-20-12/h2-9H,1H3,(H2,19,25)(H,22,26). The first kappa shape index (κ1) is 15.7. The second kappa shape index (κ2) is 5.92. The molecule has 128 valence electrons. The number of H-pyrrole nitrogens is 1. The third kappa shape index (κ3) is 2.53. The first-order valence-corrected chi connectivity index (χ1v) is 7.85. The van der Waals surface area contributed by atoms with Gasteiger partial charge in [0.05, 0.1) is 5.69 Å². The highest BCUT2D eigenvalue weighted by molar-refractivity contribution is 6.02. The second-order valence-electron chi connectivity index (χ2n) is 5.78. The van der Waals surface area contributed by atoms with Crippen LogP contribution in [-0.2, 0) is 0 Å². The number of amides is 1. The number of fused-ring (bicyclic) bond motifs is 1. The zero-order valence-electron chi connectivity index (χ0n) is 13.8. The average Bonchev–Trinajstić information content (AvgIpc) is 2.97. The van der Waals surface area contributed by atoms with E-state index in [0.717, 1.165) is 5.56 Å². The molecule has 0 saturated carbocycles. The SMILES string of the molecule is Cc1cccc(-n2c(=O)[nH]c3c(C(N)=O)nc(-c4ccccn4)nc32)c1. The van der Waals surface area contributed by atoms with E-state index in [1.54, 1.807) is 30.5 Å². The van der Waals surface area contributed by atoms with Crippen molar-refractivity contribution >= 4 is 17.1 Å². The highest BCUT2D eigenvalue weighted by Crippen LogP contribution is 2.21. The molecular formula is C18H14N6O2. The van der Waals surface area contributed by atoms with Gasteiger partial charge in [-0.2, -0.15) is 0 Å². The Morgan fingerprint density at radius 2 is 2.00 bits per heavy atom. The van der Waals surface area contributed by atoms with Crippen molar-refractivity contribution in [1.29, 1.82) is 0 Å². The summed E-state index contributed by atoms with van der Waals surface area (Å²) < 4.78 is 1.39. The van der Waals surface area contributed by atoms with Gasteiger partial charge < -0.3 is 10.7 Å². The molecule has 0 radical (unpaired) electrons. The number of benzene rings is 1. The Hall–Kier alpha value is -3.81. The fraction of sp³-hybridized carbons (Fsp3) is 0.0556. The zero-order valence-corrected chi connectivity index (χ0v) is 13.8. The smallest absolute Gasteiger partial charge is 0.332 e. The Balaban J connectivity index is 2.08. The number of hydrogen-bond donors (Lipinski definition) is 2. The van der Waals surface area contributed by atoms with Crippen LogP contribution in [0.3, 0.4) is 0 Å². The summed E-state index contributed by atoms with van der Waals surface area (Å²) in [5.74, 6) is -0.542. The minimum atomic E-state index is -0.757. The van der Waals surface area contributed by atoms with Crippen LogP contribution >= 0.6 is 0 Å². The molecule has 0 aliphatic carbocycles. The van der Waals surface area contributed by atoms with E-state index < -0.39 is 11.6 Å². The number of hydrogen-bond acceptors (Lipinski definition) is 5. The Labute approximate surface area is 147 Å². The van der Waals surface area contributed by atoms with E-state index in [4.69, 9.17) is 5.73 Å². The highest BCUT2D eigenvalue weighted by Gasteiger charge is 2.20. The fourth-order valence-corrected chi connectivity index (χ4v) is 2.78. The number of carbonyl (C=O) groups is 1. The number of primary amides is 1. The van der Waals surface area contributed by atoms with Crippen molar-refractivity contribution in [3.63, 3.8) is 0 Å². The van der Waals surface area contributed by atoms with Gasteiger partial charge in [-0.1, -0.05) is 18.2 Å². The molecular weight excluding hydrogens is 332 g/mol.